The predicted molar refractivity (Wildman–Crippen MR) is 93.5 cm³/mol. The van der Waals surface area contributed by atoms with Gasteiger partial charge in [-0.2, -0.15) is 0 Å². The molecule has 0 saturated carbocycles. The maximum absolute atomic E-state index is 12.2. The molecule has 0 aliphatic carbocycles. The first-order valence-electron chi connectivity index (χ1n) is 7.02. The monoisotopic (exact) mass is 373 g/mol. The van der Waals surface area contributed by atoms with Crippen LogP contribution in [0, 0.1) is 0 Å². The number of halogens is 2. The Kier molecular flexibility index (Phi) is 6.30. The fourth-order valence-electron chi connectivity index (χ4n) is 2.00. The topological polar surface area (TPSA) is 55.4 Å². The molecule has 0 unspecified atom stereocenters. The van der Waals surface area contributed by atoms with E-state index in [1.807, 2.05) is 25.1 Å². The predicted octanol–water partition coefficient (Wildman–Crippen LogP) is 4.01. The van der Waals surface area contributed by atoms with E-state index in [4.69, 9.17) is 27.9 Å². The molecule has 0 aliphatic rings. The average Bonchev–Trinajstić information content (AvgIpc) is 2.49. The largest absolute Gasteiger partial charge is 0.494 e. The molecule has 0 fully saturated rings. The zero-order valence-electron chi connectivity index (χ0n) is 12.6. The van der Waals surface area contributed by atoms with Crippen LogP contribution in [0.4, 0.5) is 0 Å². The maximum atomic E-state index is 12.2. The third-order valence-electron chi connectivity index (χ3n) is 3.07. The van der Waals surface area contributed by atoms with Crippen molar-refractivity contribution in [3.8, 4) is 5.75 Å². The van der Waals surface area contributed by atoms with Crippen LogP contribution < -0.4 is 9.46 Å². The first-order valence-corrected chi connectivity index (χ1v) is 9.43. The number of nitrogens with one attached hydrogen (secondary N) is 1. The Morgan fingerprint density at radius 3 is 2.61 bits per heavy atom. The number of hydrogen-bond acceptors (Lipinski definition) is 3. The van der Waals surface area contributed by atoms with E-state index in [0.29, 0.717) is 28.0 Å². The molecule has 2 rings (SSSR count). The summed E-state index contributed by atoms with van der Waals surface area (Å²) in [5.41, 5.74) is 1.33. The van der Waals surface area contributed by atoms with Gasteiger partial charge < -0.3 is 4.74 Å². The number of rotatable bonds is 7. The smallest absolute Gasteiger partial charge is 0.216 e. The molecular weight excluding hydrogens is 357 g/mol. The lowest BCUT2D eigenvalue weighted by atomic mass is 10.2. The van der Waals surface area contributed by atoms with Crippen LogP contribution in [0.25, 0.3) is 0 Å². The van der Waals surface area contributed by atoms with Gasteiger partial charge in [-0.1, -0.05) is 41.4 Å². The molecule has 23 heavy (non-hydrogen) atoms. The summed E-state index contributed by atoms with van der Waals surface area (Å²) in [6.07, 6.45) is 0. The second-order valence-corrected chi connectivity index (χ2v) is 7.55. The first-order chi connectivity index (χ1) is 10.9. The van der Waals surface area contributed by atoms with Gasteiger partial charge >= 0.3 is 0 Å². The van der Waals surface area contributed by atoms with Gasteiger partial charge in [0, 0.05) is 16.6 Å². The van der Waals surface area contributed by atoms with E-state index in [9.17, 15) is 8.42 Å². The van der Waals surface area contributed by atoms with Gasteiger partial charge in [0.25, 0.3) is 0 Å². The molecule has 0 spiro atoms. The van der Waals surface area contributed by atoms with Crippen molar-refractivity contribution in [2.75, 3.05) is 6.61 Å². The quantitative estimate of drug-likeness (QED) is 0.797. The fourth-order valence-corrected chi connectivity index (χ4v) is 3.70. The summed E-state index contributed by atoms with van der Waals surface area (Å²) in [6, 6.07) is 12.0. The molecule has 2 aromatic rings. The highest BCUT2D eigenvalue weighted by Crippen LogP contribution is 2.22. The Morgan fingerprint density at radius 2 is 1.91 bits per heavy atom. The van der Waals surface area contributed by atoms with E-state index in [2.05, 4.69) is 4.72 Å². The summed E-state index contributed by atoms with van der Waals surface area (Å²) in [7, 11) is -3.51. The van der Waals surface area contributed by atoms with Crippen LogP contribution in [0.3, 0.4) is 0 Å². The molecule has 1 N–H and O–H groups in total. The van der Waals surface area contributed by atoms with Gasteiger partial charge in [-0.3, -0.25) is 0 Å². The molecule has 0 aliphatic heterocycles. The van der Waals surface area contributed by atoms with Crippen molar-refractivity contribution in [3.05, 3.63) is 63.6 Å². The SMILES string of the molecule is CCOc1cccc(CNS(=O)(=O)Cc2ccc(Cl)cc2Cl)c1. The van der Waals surface area contributed by atoms with Gasteiger partial charge in [0.05, 0.1) is 12.4 Å². The van der Waals surface area contributed by atoms with E-state index >= 15 is 0 Å². The normalized spacial score (nSPS) is 11.4. The molecule has 0 heterocycles. The molecular formula is C16H17Cl2NO3S. The van der Waals surface area contributed by atoms with Crippen molar-refractivity contribution in [2.24, 2.45) is 0 Å². The first kappa shape index (κ1) is 18.1. The van der Waals surface area contributed by atoms with E-state index in [-0.39, 0.29) is 12.3 Å². The lowest BCUT2D eigenvalue weighted by Crippen LogP contribution is -2.24. The van der Waals surface area contributed by atoms with Crippen molar-refractivity contribution in [1.82, 2.24) is 4.72 Å². The molecule has 7 heteroatoms. The van der Waals surface area contributed by atoms with Gasteiger partial charge in [0.2, 0.25) is 10.0 Å². The van der Waals surface area contributed by atoms with Gasteiger partial charge in [0.1, 0.15) is 5.75 Å². The van der Waals surface area contributed by atoms with Crippen molar-refractivity contribution >= 4 is 33.2 Å². The van der Waals surface area contributed by atoms with Crippen molar-refractivity contribution in [2.45, 2.75) is 19.2 Å². The Hall–Kier alpha value is -1.27. The maximum Gasteiger partial charge on any atom is 0.216 e. The van der Waals surface area contributed by atoms with E-state index in [1.54, 1.807) is 18.2 Å². The van der Waals surface area contributed by atoms with Crippen LogP contribution in [0.5, 0.6) is 5.75 Å². The van der Waals surface area contributed by atoms with Gasteiger partial charge in [0.15, 0.2) is 0 Å². The van der Waals surface area contributed by atoms with E-state index in [1.165, 1.54) is 6.07 Å². The molecule has 0 aromatic heterocycles. The van der Waals surface area contributed by atoms with Crippen LogP contribution >= 0.6 is 23.2 Å². The lowest BCUT2D eigenvalue weighted by Gasteiger charge is -2.10. The Morgan fingerprint density at radius 1 is 1.13 bits per heavy atom. The third kappa shape index (κ3) is 5.70. The highest BCUT2D eigenvalue weighted by Gasteiger charge is 2.14. The van der Waals surface area contributed by atoms with Gasteiger partial charge in [-0.25, -0.2) is 13.1 Å². The Labute approximate surface area is 146 Å². The second-order valence-electron chi connectivity index (χ2n) is 4.90. The summed E-state index contributed by atoms with van der Waals surface area (Å²) < 4.78 is 32.3. The van der Waals surface area contributed by atoms with Crippen LogP contribution in [-0.4, -0.2) is 15.0 Å². The van der Waals surface area contributed by atoms with Gasteiger partial charge in [-0.05, 0) is 42.3 Å². The number of hydrogen-bond donors (Lipinski definition) is 1. The molecule has 0 amide bonds. The van der Waals surface area contributed by atoms with Crippen LogP contribution in [-0.2, 0) is 22.3 Å². The summed E-state index contributed by atoms with van der Waals surface area (Å²) in [4.78, 5) is 0. The summed E-state index contributed by atoms with van der Waals surface area (Å²) >= 11 is 11.8. The fraction of sp³-hybridized carbons (Fsp3) is 0.250. The van der Waals surface area contributed by atoms with E-state index in [0.717, 1.165) is 5.56 Å². The van der Waals surface area contributed by atoms with Crippen LogP contribution in [0.15, 0.2) is 42.5 Å². The molecule has 2 aromatic carbocycles. The molecule has 0 radical (unpaired) electrons. The molecule has 124 valence electrons. The van der Waals surface area contributed by atoms with Crippen LogP contribution in [0.1, 0.15) is 18.1 Å². The van der Waals surface area contributed by atoms with Crippen molar-refractivity contribution in [1.29, 1.82) is 0 Å². The zero-order valence-corrected chi connectivity index (χ0v) is 14.9. The van der Waals surface area contributed by atoms with Crippen molar-refractivity contribution in [3.63, 3.8) is 0 Å². The van der Waals surface area contributed by atoms with E-state index < -0.39 is 10.0 Å². The third-order valence-corrected chi connectivity index (χ3v) is 4.93. The second kappa shape index (κ2) is 8.02. The Balaban J connectivity index is 2.02. The number of ether oxygens (including phenoxy) is 1. The minimum absolute atomic E-state index is 0.189. The lowest BCUT2D eigenvalue weighted by molar-refractivity contribution is 0.340. The van der Waals surface area contributed by atoms with Crippen LogP contribution in [0.2, 0.25) is 10.0 Å². The molecule has 0 atom stereocenters. The Bertz CT molecular complexity index is 779. The zero-order chi connectivity index (χ0) is 16.9. The van der Waals surface area contributed by atoms with Gasteiger partial charge in [-0.15, -0.1) is 0 Å². The standard InChI is InChI=1S/C16H17Cl2NO3S/c1-2-22-15-5-3-4-12(8-15)10-19-23(20,21)11-13-6-7-14(17)9-16(13)18/h3-9,19H,2,10-11H2,1H3. The summed E-state index contributed by atoms with van der Waals surface area (Å²) in [5, 5.41) is 0.804. The molecule has 0 bridgehead atoms. The molecule has 4 nitrogen and oxygen atoms in total. The number of benzene rings is 2. The number of sulfonamides is 1. The van der Waals surface area contributed by atoms with Crippen molar-refractivity contribution < 1.29 is 13.2 Å². The minimum atomic E-state index is -3.51. The highest BCUT2D eigenvalue weighted by molar-refractivity contribution is 7.88. The minimum Gasteiger partial charge on any atom is -0.494 e. The average molecular weight is 374 g/mol. The highest BCUT2D eigenvalue weighted by atomic mass is 35.5. The summed E-state index contributed by atoms with van der Waals surface area (Å²) in [6.45, 7) is 2.64. The molecule has 0 saturated heterocycles. The summed E-state index contributed by atoms with van der Waals surface area (Å²) in [5.74, 6) is 0.513.